The van der Waals surface area contributed by atoms with Gasteiger partial charge in [-0.3, -0.25) is 0 Å². The molecule has 0 spiro atoms. The summed E-state index contributed by atoms with van der Waals surface area (Å²) in [6.45, 7) is 0. The van der Waals surface area contributed by atoms with E-state index in [1.165, 1.54) is 18.2 Å². The highest BCUT2D eigenvalue weighted by molar-refractivity contribution is 6.12. The third-order valence-corrected chi connectivity index (χ3v) is 11.6. The Morgan fingerprint density at radius 3 is 1.31 bits per heavy atom. The largest absolute Gasteiger partial charge is 0.416 e. The Morgan fingerprint density at radius 2 is 0.836 bits per heavy atom. The smallest absolute Gasteiger partial charge is 0.309 e. The molecule has 0 bridgehead atoms. The van der Waals surface area contributed by atoms with Crippen molar-refractivity contribution in [1.29, 1.82) is 21.0 Å². The maximum Gasteiger partial charge on any atom is 0.416 e. The van der Waals surface area contributed by atoms with Crippen molar-refractivity contribution in [2.24, 2.45) is 0 Å². The van der Waals surface area contributed by atoms with Crippen LogP contribution >= 0.6 is 0 Å². The lowest BCUT2D eigenvalue weighted by atomic mass is 9.96. The van der Waals surface area contributed by atoms with Crippen molar-refractivity contribution in [3.8, 4) is 97.5 Å². The van der Waals surface area contributed by atoms with Crippen LogP contribution in [0.15, 0.2) is 176 Å². The monoisotopic (exact) mass is 870 g/mol. The highest BCUT2D eigenvalue weighted by atomic mass is 19.4. The Labute approximate surface area is 381 Å². The summed E-state index contributed by atoms with van der Waals surface area (Å²) in [4.78, 5) is 14.8. The van der Waals surface area contributed by atoms with Gasteiger partial charge < -0.3 is 4.57 Å². The third-order valence-electron chi connectivity index (χ3n) is 11.6. The average molecular weight is 871 g/mol. The van der Waals surface area contributed by atoms with Crippen LogP contribution in [-0.4, -0.2) is 19.5 Å². The van der Waals surface area contributed by atoms with E-state index in [9.17, 15) is 34.2 Å². The van der Waals surface area contributed by atoms with Gasteiger partial charge in [0.1, 0.15) is 0 Å². The van der Waals surface area contributed by atoms with E-state index in [2.05, 4.69) is 24.3 Å². The van der Waals surface area contributed by atoms with Gasteiger partial charge in [0.2, 0.25) is 0 Å². The van der Waals surface area contributed by atoms with E-state index in [0.29, 0.717) is 84.3 Å². The van der Waals surface area contributed by atoms with Crippen molar-refractivity contribution >= 4 is 21.8 Å². The zero-order chi connectivity index (χ0) is 46.2. The van der Waals surface area contributed by atoms with Gasteiger partial charge in [0.25, 0.3) is 0 Å². The molecule has 0 saturated heterocycles. The molecule has 0 aliphatic rings. The van der Waals surface area contributed by atoms with Gasteiger partial charge in [-0.1, -0.05) is 121 Å². The lowest BCUT2D eigenvalue weighted by Gasteiger charge is -2.18. The molecule has 0 radical (unpaired) electrons. The van der Waals surface area contributed by atoms with Gasteiger partial charge in [-0.2, -0.15) is 34.2 Å². The first kappa shape index (κ1) is 41.3. The summed E-state index contributed by atoms with van der Waals surface area (Å²) in [5.74, 6) is 1.16. The van der Waals surface area contributed by atoms with Crippen molar-refractivity contribution < 1.29 is 13.2 Å². The molecule has 0 atom stereocenters. The molecule has 8 aromatic carbocycles. The van der Waals surface area contributed by atoms with Crippen LogP contribution in [0, 0.1) is 45.3 Å². The highest BCUT2D eigenvalue weighted by Crippen LogP contribution is 2.43. The standard InChI is InChI=1S/C56H29F3N8/c57-56(58,59)44-13-7-12-38(26-44)47-21-18-41(55-65-53(36-8-3-1-4-9-36)64-54(66-55)37-10-5-2-6-11-37)29-50(47)67-51-27-39(45-19-14-34(30-60)24-42(45)32-62)16-22-48(51)49-23-17-40(28-52(49)67)46-20-15-35(31-61)25-43(46)33-63/h1-29H. The molecular formula is C56H29F3N8. The number of fused-ring (bicyclic) bond motifs is 3. The predicted molar refractivity (Wildman–Crippen MR) is 251 cm³/mol. The fourth-order valence-electron chi connectivity index (χ4n) is 8.43. The number of aromatic nitrogens is 4. The quantitative estimate of drug-likeness (QED) is 0.155. The molecule has 67 heavy (non-hydrogen) atoms. The van der Waals surface area contributed by atoms with E-state index < -0.39 is 11.7 Å². The van der Waals surface area contributed by atoms with Crippen LogP contribution in [0.3, 0.4) is 0 Å². The molecule has 10 aromatic rings. The summed E-state index contributed by atoms with van der Waals surface area (Å²) in [6, 6.07) is 59.5. The lowest BCUT2D eigenvalue weighted by Crippen LogP contribution is -2.05. The molecule has 2 heterocycles. The van der Waals surface area contributed by atoms with E-state index >= 15 is 0 Å². The fraction of sp³-hybridized carbons (Fsp3) is 0.0179. The number of rotatable bonds is 7. The highest BCUT2D eigenvalue weighted by Gasteiger charge is 2.31. The first-order chi connectivity index (χ1) is 32.6. The van der Waals surface area contributed by atoms with Crippen LogP contribution in [0.1, 0.15) is 27.8 Å². The van der Waals surface area contributed by atoms with Crippen molar-refractivity contribution in [2.75, 3.05) is 0 Å². The molecule has 10 rings (SSSR count). The number of nitrogens with zero attached hydrogens (tertiary/aromatic N) is 8. The van der Waals surface area contributed by atoms with Gasteiger partial charge >= 0.3 is 6.18 Å². The molecule has 0 fully saturated rings. The van der Waals surface area contributed by atoms with E-state index in [4.69, 9.17) is 15.0 Å². The minimum absolute atomic E-state index is 0.290. The molecule has 2 aromatic heterocycles. The number of halogens is 3. The van der Waals surface area contributed by atoms with Gasteiger partial charge in [-0.25, -0.2) is 15.0 Å². The Morgan fingerprint density at radius 1 is 0.388 bits per heavy atom. The first-order valence-electron chi connectivity index (χ1n) is 20.8. The normalized spacial score (nSPS) is 11.1. The minimum atomic E-state index is -4.63. The van der Waals surface area contributed by atoms with Crippen molar-refractivity contribution in [1.82, 2.24) is 19.5 Å². The van der Waals surface area contributed by atoms with E-state index in [0.717, 1.165) is 34.0 Å². The summed E-state index contributed by atoms with van der Waals surface area (Å²) in [5, 5.41) is 41.3. The van der Waals surface area contributed by atoms with Gasteiger partial charge in [-0.15, -0.1) is 0 Å². The minimum Gasteiger partial charge on any atom is -0.309 e. The molecule has 0 unspecified atom stereocenters. The zero-order valence-electron chi connectivity index (χ0n) is 35.0. The SMILES string of the molecule is N#Cc1ccc(-c2ccc3c4ccc(-c5ccc(C#N)cc5C#N)cc4n(-c4cc(-c5nc(-c6ccccc6)nc(-c6ccccc6)n5)ccc4-c4cccc(C(F)(F)F)c4)c3c2)c(C#N)c1. The summed E-state index contributed by atoms with van der Waals surface area (Å²) in [5.41, 5.74) is 7.47. The van der Waals surface area contributed by atoms with Crippen LogP contribution in [0.4, 0.5) is 13.2 Å². The van der Waals surface area contributed by atoms with Gasteiger partial charge in [0, 0.05) is 33.0 Å². The van der Waals surface area contributed by atoms with Crippen molar-refractivity contribution in [3.05, 3.63) is 204 Å². The van der Waals surface area contributed by atoms with Crippen LogP contribution in [0.2, 0.25) is 0 Å². The van der Waals surface area contributed by atoms with Gasteiger partial charge in [0.15, 0.2) is 17.5 Å². The first-order valence-corrected chi connectivity index (χ1v) is 20.8. The summed E-state index contributed by atoms with van der Waals surface area (Å²) in [7, 11) is 0. The van der Waals surface area contributed by atoms with E-state index in [-0.39, 0.29) is 11.1 Å². The molecular weight excluding hydrogens is 842 g/mol. The van der Waals surface area contributed by atoms with Crippen molar-refractivity contribution in [2.45, 2.75) is 6.18 Å². The number of alkyl halides is 3. The summed E-state index contributed by atoms with van der Waals surface area (Å²) < 4.78 is 45.3. The number of hydrogen-bond donors (Lipinski definition) is 0. The number of nitriles is 4. The molecule has 0 aliphatic carbocycles. The topological polar surface area (TPSA) is 139 Å². The molecule has 11 heteroatoms. The maximum atomic E-state index is 14.4. The maximum absolute atomic E-state index is 14.4. The summed E-state index contributed by atoms with van der Waals surface area (Å²) in [6.07, 6.45) is -4.63. The summed E-state index contributed by atoms with van der Waals surface area (Å²) >= 11 is 0. The zero-order valence-corrected chi connectivity index (χ0v) is 35.0. The molecule has 0 aliphatic heterocycles. The Kier molecular flexibility index (Phi) is 10.4. The van der Waals surface area contributed by atoms with Crippen LogP contribution in [-0.2, 0) is 6.18 Å². The average Bonchev–Trinajstić information content (AvgIpc) is 3.70. The van der Waals surface area contributed by atoms with E-state index in [1.54, 1.807) is 42.5 Å². The predicted octanol–water partition coefficient (Wildman–Crippen LogP) is 13.5. The van der Waals surface area contributed by atoms with Crippen LogP contribution in [0.25, 0.3) is 95.0 Å². The van der Waals surface area contributed by atoms with Crippen LogP contribution in [0.5, 0.6) is 0 Å². The Hall–Kier alpha value is -9.68. The second kappa shape index (κ2) is 16.8. The third kappa shape index (κ3) is 7.66. The molecule has 8 nitrogen and oxygen atoms in total. The fourth-order valence-corrected chi connectivity index (χ4v) is 8.43. The van der Waals surface area contributed by atoms with Crippen LogP contribution < -0.4 is 0 Å². The molecule has 0 amide bonds. The molecule has 0 saturated carbocycles. The number of hydrogen-bond acceptors (Lipinski definition) is 7. The van der Waals surface area contributed by atoms with Gasteiger partial charge in [-0.05, 0) is 82.4 Å². The molecule has 314 valence electrons. The number of benzene rings is 8. The van der Waals surface area contributed by atoms with Crippen molar-refractivity contribution in [3.63, 3.8) is 0 Å². The Balaban J connectivity index is 1.31. The van der Waals surface area contributed by atoms with E-state index in [1.807, 2.05) is 108 Å². The van der Waals surface area contributed by atoms with Gasteiger partial charge in [0.05, 0.1) is 68.8 Å². The Bertz CT molecular complexity index is 3600. The second-order valence-corrected chi connectivity index (χ2v) is 15.6. The molecule has 0 N–H and O–H groups in total. The second-order valence-electron chi connectivity index (χ2n) is 15.6. The lowest BCUT2D eigenvalue weighted by molar-refractivity contribution is -0.137.